The second kappa shape index (κ2) is 11.5. The average molecular weight is 398 g/mol. The van der Waals surface area contributed by atoms with E-state index in [0.717, 1.165) is 23.7 Å². The molecule has 4 aliphatic rings. The van der Waals surface area contributed by atoms with Gasteiger partial charge in [-0.3, -0.25) is 0 Å². The zero-order chi connectivity index (χ0) is 12.5. The number of fused-ring (bicyclic) bond motifs is 2. The van der Waals surface area contributed by atoms with Crippen molar-refractivity contribution >= 4 is 49.6 Å². The standard InChI is InChI=1S/2C7H14N2.4ClH/c2*1-9-4-6-2-8-3-7(6)5-9;;;;/h2*6-8H,2-5H2,1H3;4*1H/t2*6-,7+;;;;. The first kappa shape index (κ1) is 25.2. The van der Waals surface area contributed by atoms with E-state index in [2.05, 4.69) is 34.5 Å². The summed E-state index contributed by atoms with van der Waals surface area (Å²) in [4.78, 5) is 4.88. The molecule has 0 aromatic heterocycles. The molecular weight excluding hydrogens is 366 g/mol. The highest BCUT2D eigenvalue weighted by molar-refractivity contribution is 5.86. The maximum Gasteiger partial charge on any atom is 0.00225 e. The summed E-state index contributed by atoms with van der Waals surface area (Å²) in [5.74, 6) is 3.87. The molecule has 136 valence electrons. The first-order valence-electron chi connectivity index (χ1n) is 7.51. The highest BCUT2D eigenvalue weighted by Crippen LogP contribution is 2.25. The topological polar surface area (TPSA) is 30.5 Å². The molecule has 4 saturated heterocycles. The molecule has 8 heteroatoms. The summed E-state index contributed by atoms with van der Waals surface area (Å²) < 4.78 is 0. The molecule has 0 spiro atoms. The van der Waals surface area contributed by atoms with Crippen LogP contribution in [-0.4, -0.2) is 76.3 Å². The minimum absolute atomic E-state index is 0. The molecule has 0 aromatic rings. The molecular formula is C14H32Cl4N4. The van der Waals surface area contributed by atoms with Gasteiger partial charge in [0.25, 0.3) is 0 Å². The van der Waals surface area contributed by atoms with Crippen molar-refractivity contribution in [1.29, 1.82) is 0 Å². The van der Waals surface area contributed by atoms with Crippen LogP contribution in [0.25, 0.3) is 0 Å². The highest BCUT2D eigenvalue weighted by atomic mass is 35.5. The van der Waals surface area contributed by atoms with Gasteiger partial charge >= 0.3 is 0 Å². The van der Waals surface area contributed by atoms with Crippen molar-refractivity contribution in [2.45, 2.75) is 0 Å². The SMILES string of the molecule is CN1C[C@H]2CNC[C@H]2C1.CN1C[C@H]2CNC[C@H]2C1.Cl.Cl.Cl.Cl. The Morgan fingerprint density at radius 2 is 0.773 bits per heavy atom. The van der Waals surface area contributed by atoms with Crippen LogP contribution >= 0.6 is 49.6 Å². The minimum atomic E-state index is 0. The third kappa shape index (κ3) is 6.14. The second-order valence-corrected chi connectivity index (χ2v) is 6.80. The largest absolute Gasteiger partial charge is 0.316 e. The quantitative estimate of drug-likeness (QED) is 0.643. The van der Waals surface area contributed by atoms with Crippen LogP contribution < -0.4 is 10.6 Å². The van der Waals surface area contributed by atoms with Gasteiger partial charge in [-0.05, 0) is 63.9 Å². The Morgan fingerprint density at radius 1 is 0.545 bits per heavy atom. The van der Waals surface area contributed by atoms with E-state index < -0.39 is 0 Å². The smallest absolute Gasteiger partial charge is 0.00225 e. The monoisotopic (exact) mass is 396 g/mol. The van der Waals surface area contributed by atoms with Crippen LogP contribution in [0.5, 0.6) is 0 Å². The lowest BCUT2D eigenvalue weighted by molar-refractivity contribution is 0.382. The molecule has 4 nitrogen and oxygen atoms in total. The lowest BCUT2D eigenvalue weighted by Crippen LogP contribution is -2.21. The van der Waals surface area contributed by atoms with Crippen LogP contribution in [0.1, 0.15) is 0 Å². The summed E-state index contributed by atoms with van der Waals surface area (Å²) >= 11 is 0. The molecule has 0 aliphatic carbocycles. The van der Waals surface area contributed by atoms with Crippen LogP contribution in [0.4, 0.5) is 0 Å². The fourth-order valence-corrected chi connectivity index (χ4v) is 4.18. The molecule has 0 amide bonds. The summed E-state index contributed by atoms with van der Waals surface area (Å²) in [7, 11) is 4.44. The van der Waals surface area contributed by atoms with Gasteiger partial charge in [0.1, 0.15) is 0 Å². The molecule has 0 aromatic carbocycles. The van der Waals surface area contributed by atoms with Gasteiger partial charge in [-0.15, -0.1) is 49.6 Å². The van der Waals surface area contributed by atoms with E-state index in [9.17, 15) is 0 Å². The maximum absolute atomic E-state index is 3.42. The van der Waals surface area contributed by atoms with Crippen LogP contribution in [0.15, 0.2) is 0 Å². The summed E-state index contributed by atoms with van der Waals surface area (Å²) in [6.07, 6.45) is 0. The lowest BCUT2D eigenvalue weighted by atomic mass is 10.0. The van der Waals surface area contributed by atoms with Crippen molar-refractivity contribution in [3.63, 3.8) is 0 Å². The molecule has 0 unspecified atom stereocenters. The summed E-state index contributed by atoms with van der Waals surface area (Å²) in [5.41, 5.74) is 0. The minimum Gasteiger partial charge on any atom is -0.316 e. The van der Waals surface area contributed by atoms with Crippen LogP contribution in [0.3, 0.4) is 0 Å². The number of rotatable bonds is 0. The Labute approximate surface area is 160 Å². The summed E-state index contributed by atoms with van der Waals surface area (Å²) in [6, 6.07) is 0. The summed E-state index contributed by atoms with van der Waals surface area (Å²) in [5, 5.41) is 6.84. The Bertz CT molecular complexity index is 246. The normalized spacial score (nSPS) is 35.7. The average Bonchev–Trinajstić information content (AvgIpc) is 2.97. The van der Waals surface area contributed by atoms with E-state index in [-0.39, 0.29) is 49.6 Å². The molecule has 4 fully saturated rings. The van der Waals surface area contributed by atoms with Crippen molar-refractivity contribution < 1.29 is 0 Å². The number of hydrogen-bond donors (Lipinski definition) is 2. The molecule has 0 saturated carbocycles. The maximum atomic E-state index is 3.42. The van der Waals surface area contributed by atoms with Crippen molar-refractivity contribution in [2.75, 3.05) is 66.5 Å². The predicted octanol–water partition coefficient (Wildman–Crippen LogP) is 1.22. The van der Waals surface area contributed by atoms with Crippen molar-refractivity contribution in [3.8, 4) is 0 Å². The van der Waals surface area contributed by atoms with Gasteiger partial charge in [-0.2, -0.15) is 0 Å². The fraction of sp³-hybridized carbons (Fsp3) is 1.00. The van der Waals surface area contributed by atoms with Crippen molar-refractivity contribution in [1.82, 2.24) is 20.4 Å². The lowest BCUT2D eigenvalue weighted by Gasteiger charge is -2.07. The Hall–Kier alpha value is 1.00. The summed E-state index contributed by atoms with van der Waals surface area (Å²) in [6.45, 7) is 10.3. The molecule has 4 heterocycles. The van der Waals surface area contributed by atoms with Crippen LogP contribution in [-0.2, 0) is 0 Å². The fourth-order valence-electron chi connectivity index (χ4n) is 4.18. The van der Waals surface area contributed by atoms with Crippen LogP contribution in [0, 0.1) is 23.7 Å². The number of nitrogens with one attached hydrogen (secondary N) is 2. The van der Waals surface area contributed by atoms with E-state index >= 15 is 0 Å². The third-order valence-electron chi connectivity index (χ3n) is 5.14. The molecule has 4 aliphatic heterocycles. The van der Waals surface area contributed by atoms with Gasteiger partial charge in [0.05, 0.1) is 0 Å². The van der Waals surface area contributed by atoms with Gasteiger partial charge in [-0.25, -0.2) is 0 Å². The predicted molar refractivity (Wildman–Crippen MR) is 104 cm³/mol. The van der Waals surface area contributed by atoms with E-state index in [0.29, 0.717) is 0 Å². The van der Waals surface area contributed by atoms with Crippen LogP contribution in [0.2, 0.25) is 0 Å². The number of hydrogen-bond acceptors (Lipinski definition) is 4. The molecule has 2 N–H and O–H groups in total. The third-order valence-corrected chi connectivity index (χ3v) is 5.14. The molecule has 0 bridgehead atoms. The molecule has 22 heavy (non-hydrogen) atoms. The Morgan fingerprint density at radius 3 is 1.00 bits per heavy atom. The van der Waals surface area contributed by atoms with E-state index in [1.807, 2.05) is 0 Å². The number of nitrogens with zero attached hydrogens (tertiary/aromatic N) is 2. The zero-order valence-electron chi connectivity index (χ0n) is 13.5. The highest BCUT2D eigenvalue weighted by Gasteiger charge is 2.34. The molecule has 4 rings (SSSR count). The van der Waals surface area contributed by atoms with Gasteiger partial charge in [0.15, 0.2) is 0 Å². The van der Waals surface area contributed by atoms with Gasteiger partial charge in [0.2, 0.25) is 0 Å². The Kier molecular flexibility index (Phi) is 13.2. The second-order valence-electron chi connectivity index (χ2n) is 6.80. The zero-order valence-corrected chi connectivity index (χ0v) is 16.8. The van der Waals surface area contributed by atoms with E-state index in [1.54, 1.807) is 0 Å². The molecule has 0 radical (unpaired) electrons. The molecule has 4 atom stereocenters. The van der Waals surface area contributed by atoms with E-state index in [1.165, 1.54) is 52.4 Å². The number of likely N-dealkylation sites (tertiary alicyclic amines) is 2. The first-order valence-corrected chi connectivity index (χ1v) is 7.51. The Balaban J connectivity index is 0. The van der Waals surface area contributed by atoms with Gasteiger partial charge in [-0.1, -0.05) is 0 Å². The number of halogens is 4. The van der Waals surface area contributed by atoms with Crippen molar-refractivity contribution in [3.05, 3.63) is 0 Å². The van der Waals surface area contributed by atoms with Gasteiger partial charge < -0.3 is 20.4 Å². The van der Waals surface area contributed by atoms with Crippen molar-refractivity contribution in [2.24, 2.45) is 23.7 Å². The first-order chi connectivity index (χ1) is 8.72. The van der Waals surface area contributed by atoms with Gasteiger partial charge in [0, 0.05) is 26.2 Å². The van der Waals surface area contributed by atoms with E-state index in [4.69, 9.17) is 0 Å².